The number of aryl methyl sites for hydroxylation is 2. The van der Waals surface area contributed by atoms with Gasteiger partial charge in [0.25, 0.3) is 0 Å². The number of aliphatic hydroxyl groups is 1. The highest BCUT2D eigenvalue weighted by molar-refractivity contribution is 5.80. The van der Waals surface area contributed by atoms with Crippen LogP contribution in [0.15, 0.2) is 36.4 Å². The number of amides is 1. The molecule has 1 amide bonds. The van der Waals surface area contributed by atoms with E-state index < -0.39 is 6.10 Å². The number of aromatic amines is 1. The average molecular weight is 364 g/mol. The number of benzene rings is 1. The molecule has 3 heterocycles. The Labute approximate surface area is 158 Å². The largest absolute Gasteiger partial charge is 0.391 e. The molecule has 0 radical (unpaired) electrons. The first-order valence-corrected chi connectivity index (χ1v) is 9.32. The van der Waals surface area contributed by atoms with E-state index in [2.05, 4.69) is 16.3 Å². The summed E-state index contributed by atoms with van der Waals surface area (Å²) in [6.45, 7) is 4.77. The van der Waals surface area contributed by atoms with E-state index in [1.807, 2.05) is 44.2 Å². The molecule has 1 fully saturated rings. The number of pyridine rings is 1. The van der Waals surface area contributed by atoms with Gasteiger partial charge in [-0.25, -0.2) is 0 Å². The second-order valence-electron chi connectivity index (χ2n) is 7.41. The van der Waals surface area contributed by atoms with Gasteiger partial charge in [-0.2, -0.15) is 5.10 Å². The van der Waals surface area contributed by atoms with Crippen molar-refractivity contribution in [1.29, 1.82) is 0 Å². The van der Waals surface area contributed by atoms with Crippen LogP contribution in [0.5, 0.6) is 0 Å². The van der Waals surface area contributed by atoms with Crippen molar-refractivity contribution in [2.75, 3.05) is 13.1 Å². The Kier molecular flexibility index (Phi) is 4.66. The molecule has 0 saturated carbocycles. The Morgan fingerprint density at radius 2 is 2.04 bits per heavy atom. The number of nitrogens with zero attached hydrogens (tertiary/aromatic N) is 3. The zero-order chi connectivity index (χ0) is 19.0. The van der Waals surface area contributed by atoms with E-state index in [4.69, 9.17) is 4.98 Å². The molecule has 27 heavy (non-hydrogen) atoms. The summed E-state index contributed by atoms with van der Waals surface area (Å²) >= 11 is 0. The van der Waals surface area contributed by atoms with E-state index in [0.29, 0.717) is 25.9 Å². The van der Waals surface area contributed by atoms with Crippen LogP contribution < -0.4 is 0 Å². The highest BCUT2D eigenvalue weighted by Crippen LogP contribution is 2.23. The predicted molar refractivity (Wildman–Crippen MR) is 103 cm³/mol. The summed E-state index contributed by atoms with van der Waals surface area (Å²) in [5.74, 6) is 0.0461. The fraction of sp³-hybridized carbons (Fsp3) is 0.381. The van der Waals surface area contributed by atoms with Gasteiger partial charge in [-0.05, 0) is 32.4 Å². The van der Waals surface area contributed by atoms with Gasteiger partial charge in [0, 0.05) is 41.3 Å². The maximum Gasteiger partial charge on any atom is 0.227 e. The number of likely N-dealkylation sites (tertiary alicyclic amines) is 1. The lowest BCUT2D eigenvalue weighted by Crippen LogP contribution is -2.31. The molecule has 0 spiro atoms. The number of H-pyrrole nitrogens is 1. The van der Waals surface area contributed by atoms with Gasteiger partial charge in [0.1, 0.15) is 0 Å². The minimum absolute atomic E-state index is 0.00848. The number of fused-ring (bicyclic) bond motifs is 1. The first kappa shape index (κ1) is 17.7. The van der Waals surface area contributed by atoms with Gasteiger partial charge in [-0.1, -0.05) is 24.3 Å². The molecule has 1 aliphatic rings. The number of carbonyl (C=O) groups excluding carboxylic acids is 1. The number of hydrogen-bond acceptors (Lipinski definition) is 4. The van der Waals surface area contributed by atoms with Gasteiger partial charge in [0.15, 0.2) is 0 Å². The fourth-order valence-electron chi connectivity index (χ4n) is 3.85. The van der Waals surface area contributed by atoms with Crippen LogP contribution in [0.2, 0.25) is 0 Å². The molecule has 2 N–H and O–H groups in total. The summed E-state index contributed by atoms with van der Waals surface area (Å²) in [7, 11) is 0. The van der Waals surface area contributed by atoms with Crippen molar-refractivity contribution in [2.24, 2.45) is 5.92 Å². The third kappa shape index (κ3) is 3.57. The number of hydrogen-bond donors (Lipinski definition) is 2. The molecule has 2 aromatic heterocycles. The summed E-state index contributed by atoms with van der Waals surface area (Å²) in [5, 5.41) is 18.7. The summed E-state index contributed by atoms with van der Waals surface area (Å²) in [6, 6.07) is 12.1. The van der Waals surface area contributed by atoms with Crippen LogP contribution in [-0.2, 0) is 17.6 Å². The highest BCUT2D eigenvalue weighted by atomic mass is 16.3. The quantitative estimate of drug-likeness (QED) is 0.743. The first-order chi connectivity index (χ1) is 13.0. The van der Waals surface area contributed by atoms with Gasteiger partial charge in [0.2, 0.25) is 5.91 Å². The lowest BCUT2D eigenvalue weighted by molar-refractivity contribution is -0.129. The van der Waals surface area contributed by atoms with E-state index in [1.54, 1.807) is 4.90 Å². The Bertz CT molecular complexity index is 962. The van der Waals surface area contributed by atoms with Gasteiger partial charge in [-0.15, -0.1) is 0 Å². The maximum absolute atomic E-state index is 12.7. The van der Waals surface area contributed by atoms with Crippen molar-refractivity contribution in [3.8, 4) is 0 Å². The molecule has 4 rings (SSSR count). The van der Waals surface area contributed by atoms with Crippen molar-refractivity contribution >= 4 is 16.8 Å². The van der Waals surface area contributed by atoms with E-state index in [0.717, 1.165) is 33.5 Å². The summed E-state index contributed by atoms with van der Waals surface area (Å²) in [4.78, 5) is 19.2. The number of aliphatic hydroxyl groups excluding tert-OH is 1. The van der Waals surface area contributed by atoms with Crippen molar-refractivity contribution in [1.82, 2.24) is 20.1 Å². The van der Waals surface area contributed by atoms with E-state index in [1.165, 1.54) is 0 Å². The van der Waals surface area contributed by atoms with E-state index >= 15 is 0 Å². The first-order valence-electron chi connectivity index (χ1n) is 9.32. The topological polar surface area (TPSA) is 82.1 Å². The van der Waals surface area contributed by atoms with Crippen LogP contribution in [0.1, 0.15) is 22.6 Å². The average Bonchev–Trinajstić information content (AvgIpc) is 3.18. The molecule has 0 unspecified atom stereocenters. The Balaban J connectivity index is 1.43. The van der Waals surface area contributed by atoms with Crippen LogP contribution >= 0.6 is 0 Å². The monoisotopic (exact) mass is 364 g/mol. The number of aromatic nitrogens is 3. The Morgan fingerprint density at radius 3 is 2.81 bits per heavy atom. The molecule has 0 aliphatic carbocycles. The van der Waals surface area contributed by atoms with Crippen LogP contribution in [0.4, 0.5) is 0 Å². The highest BCUT2D eigenvalue weighted by Gasteiger charge is 2.34. The molecular weight excluding hydrogens is 340 g/mol. The molecule has 1 aromatic carbocycles. The second kappa shape index (κ2) is 7.12. The van der Waals surface area contributed by atoms with Crippen LogP contribution in [-0.4, -0.2) is 50.3 Å². The lowest BCUT2D eigenvalue weighted by Gasteiger charge is -2.16. The minimum atomic E-state index is -0.520. The standard InChI is InChI=1S/C21H24N4O2/c1-13-18(14(2)24-23-13)10-21(27)25-11-16(20(26)12-25)9-17-8-7-15-5-3-4-6-19(15)22-17/h3-8,16,20,26H,9-12H2,1-2H3,(H,23,24)/t16-,20-/m1/s1. The van der Waals surface area contributed by atoms with Crippen molar-refractivity contribution in [3.63, 3.8) is 0 Å². The molecule has 140 valence electrons. The van der Waals surface area contributed by atoms with Crippen molar-refractivity contribution in [3.05, 3.63) is 59.0 Å². The molecule has 6 heteroatoms. The Morgan fingerprint density at radius 1 is 1.22 bits per heavy atom. The molecule has 1 saturated heterocycles. The smallest absolute Gasteiger partial charge is 0.227 e. The number of carbonyl (C=O) groups is 1. The van der Waals surface area contributed by atoms with E-state index in [-0.39, 0.29) is 11.8 Å². The van der Waals surface area contributed by atoms with Crippen LogP contribution in [0, 0.1) is 19.8 Å². The van der Waals surface area contributed by atoms with E-state index in [9.17, 15) is 9.90 Å². The maximum atomic E-state index is 12.7. The van der Waals surface area contributed by atoms with Gasteiger partial charge >= 0.3 is 0 Å². The Hall–Kier alpha value is -2.73. The predicted octanol–water partition coefficient (Wildman–Crippen LogP) is 2.18. The summed E-state index contributed by atoms with van der Waals surface area (Å²) in [5.41, 5.74) is 4.65. The lowest BCUT2D eigenvalue weighted by atomic mass is 9.99. The number of rotatable bonds is 4. The number of β-amino-alcohol motifs (C(OH)–C–C–N with tert-alkyl or cyclic N) is 1. The zero-order valence-corrected chi connectivity index (χ0v) is 15.6. The van der Waals surface area contributed by atoms with Gasteiger partial charge in [-0.3, -0.25) is 14.9 Å². The molecule has 1 aliphatic heterocycles. The number of para-hydroxylation sites is 1. The summed E-state index contributed by atoms with van der Waals surface area (Å²) < 4.78 is 0. The van der Waals surface area contributed by atoms with Gasteiger partial charge in [0.05, 0.1) is 23.7 Å². The molecule has 3 aromatic rings. The fourth-order valence-corrected chi connectivity index (χ4v) is 3.85. The van der Waals surface area contributed by atoms with Crippen LogP contribution in [0.3, 0.4) is 0 Å². The molecule has 0 bridgehead atoms. The third-order valence-corrected chi connectivity index (χ3v) is 5.50. The molecule has 2 atom stereocenters. The van der Waals surface area contributed by atoms with Crippen LogP contribution in [0.25, 0.3) is 10.9 Å². The molecular formula is C21H24N4O2. The van der Waals surface area contributed by atoms with Crippen molar-refractivity contribution < 1.29 is 9.90 Å². The number of nitrogens with one attached hydrogen (secondary N) is 1. The normalized spacial score (nSPS) is 19.7. The molecule has 6 nitrogen and oxygen atoms in total. The van der Waals surface area contributed by atoms with Gasteiger partial charge < -0.3 is 10.0 Å². The minimum Gasteiger partial charge on any atom is -0.391 e. The van der Waals surface area contributed by atoms with Crippen molar-refractivity contribution in [2.45, 2.75) is 32.8 Å². The second-order valence-corrected chi connectivity index (χ2v) is 7.41. The zero-order valence-electron chi connectivity index (χ0n) is 15.6. The SMILES string of the molecule is Cc1n[nH]c(C)c1CC(=O)N1C[C@@H](Cc2ccc3ccccc3n2)[C@H](O)C1. The third-order valence-electron chi connectivity index (χ3n) is 5.50. The summed E-state index contributed by atoms with van der Waals surface area (Å²) in [6.07, 6.45) is 0.468.